The maximum absolute atomic E-state index is 8.42. The van der Waals surface area contributed by atoms with Crippen molar-refractivity contribution in [2.24, 2.45) is 0 Å². The summed E-state index contributed by atoms with van der Waals surface area (Å²) in [5.74, 6) is 0. The monoisotopic (exact) mass is 338 g/mol. The molecule has 0 aromatic carbocycles. The van der Waals surface area contributed by atoms with E-state index in [4.69, 9.17) is 60.3 Å². The Hall–Kier alpha value is 6.91. The van der Waals surface area contributed by atoms with E-state index in [-0.39, 0.29) is 232 Å². The molecule has 0 aromatic rings. The Kier molecular flexibility index (Phi) is 474. The van der Waals surface area contributed by atoms with Gasteiger partial charge in [0.1, 0.15) is 0 Å². The fourth-order valence-corrected chi connectivity index (χ4v) is 0. The minimum Gasteiger partial charge on any atom is -0.907 e. The summed E-state index contributed by atoms with van der Waals surface area (Å²) in [5, 5.41) is 101. The summed E-state index contributed by atoms with van der Waals surface area (Å²) in [5.41, 5.74) is 0. The minimum absolute atomic E-state index is 0. The quantitative estimate of drug-likeness (QED) is 0.372. The van der Waals surface area contributed by atoms with E-state index in [1.54, 1.807) is 0 Å². The van der Waals surface area contributed by atoms with Crippen LogP contribution in [0.3, 0.4) is 0 Å². The molecule has 0 aliphatic heterocycles. The zero-order valence-electron chi connectivity index (χ0n) is 19.7. The average molecular weight is 337 g/mol. The first-order valence-corrected chi connectivity index (χ1v) is 2.83. The molecule has 13 nitrogen and oxygen atoms in total. The standard InChI is InChI=1S/4BO3.12Li.H2O/c4*2-1(3)4;;;;;;;;;;;;;/h;;;;;;;;;;;;;;;;1H2/q4*-3;12*+1;. The number of hydrogen-bond acceptors (Lipinski definition) is 12. The zero-order valence-corrected chi connectivity index (χ0v) is 19.7. The van der Waals surface area contributed by atoms with Crippen LogP contribution in [0.25, 0.3) is 0 Å². The average Bonchev–Trinajstić information content (AvgIpc) is 1.76. The Morgan fingerprint density at radius 2 is 0.207 bits per heavy atom. The SMILES string of the molecule is O.[Li+].[Li+].[Li+].[Li+].[Li+].[Li+].[Li+].[Li+].[Li+].[Li+].[Li+].[Li+].[O-]B([O-])[O-].[O-]B([O-])[O-].[O-]B([O-])[O-].[O-]B([O-])[O-]. The largest absolute Gasteiger partial charge is 1.00 e. The predicted molar refractivity (Wildman–Crippen MR) is 26.6 cm³/mol. The molecule has 0 aliphatic rings. The van der Waals surface area contributed by atoms with Crippen molar-refractivity contribution in [1.29, 1.82) is 0 Å². The fraction of sp³-hybridized carbons (Fsp3) is 0. The summed E-state index contributed by atoms with van der Waals surface area (Å²) in [4.78, 5) is 0. The van der Waals surface area contributed by atoms with Gasteiger partial charge in [0.2, 0.25) is 0 Å². The second-order valence-corrected chi connectivity index (χ2v) is 1.15. The van der Waals surface area contributed by atoms with Crippen molar-refractivity contribution in [3.05, 3.63) is 0 Å². The van der Waals surface area contributed by atoms with E-state index < -0.39 is 29.3 Å². The van der Waals surface area contributed by atoms with Crippen LogP contribution in [0.5, 0.6) is 0 Å². The molecule has 104 valence electrons. The van der Waals surface area contributed by atoms with Gasteiger partial charge in [-0.25, -0.2) is 0 Å². The van der Waals surface area contributed by atoms with Gasteiger partial charge in [-0.1, -0.05) is 0 Å². The molecule has 0 atom stereocenters. The van der Waals surface area contributed by atoms with Gasteiger partial charge in [0.05, 0.1) is 0 Å². The van der Waals surface area contributed by atoms with Crippen LogP contribution in [0, 0.1) is 0 Å². The summed E-state index contributed by atoms with van der Waals surface area (Å²) < 4.78 is 0. The van der Waals surface area contributed by atoms with Crippen molar-refractivity contribution in [2.45, 2.75) is 0 Å². The minimum atomic E-state index is -2.92. The van der Waals surface area contributed by atoms with Crippen LogP contribution >= 0.6 is 0 Å². The third-order valence-corrected chi connectivity index (χ3v) is 0. The van der Waals surface area contributed by atoms with Gasteiger partial charge in [-0.3, -0.25) is 29.3 Å². The van der Waals surface area contributed by atoms with E-state index in [1.807, 2.05) is 0 Å². The molecule has 0 amide bonds. The Morgan fingerprint density at radius 3 is 0.207 bits per heavy atom. The number of rotatable bonds is 0. The molecule has 0 fully saturated rings. The van der Waals surface area contributed by atoms with Crippen LogP contribution < -0.4 is 287 Å². The molecule has 2 N–H and O–H groups in total. The maximum atomic E-state index is 8.42. The first-order valence-electron chi connectivity index (χ1n) is 2.83. The molecule has 0 saturated carbocycles. The number of hydrogen-bond donors (Lipinski definition) is 0. The first kappa shape index (κ1) is 122. The van der Waals surface area contributed by atoms with Gasteiger partial charge in [-0.05, 0) is 0 Å². The van der Waals surface area contributed by atoms with Crippen molar-refractivity contribution < 1.29 is 292 Å². The first-order chi connectivity index (χ1) is 6.93. The second-order valence-electron chi connectivity index (χ2n) is 1.15. The van der Waals surface area contributed by atoms with Crippen molar-refractivity contribution in [3.8, 4) is 0 Å². The normalized spacial score (nSPS) is 3.72. The summed E-state index contributed by atoms with van der Waals surface area (Å²) in [7, 11) is -11.7. The third kappa shape index (κ3) is 792. The van der Waals surface area contributed by atoms with Crippen LogP contribution in [0.4, 0.5) is 0 Å². The van der Waals surface area contributed by atoms with E-state index in [9.17, 15) is 0 Å². The van der Waals surface area contributed by atoms with E-state index in [1.165, 1.54) is 0 Å². The van der Waals surface area contributed by atoms with Crippen LogP contribution in [-0.4, -0.2) is 34.8 Å². The van der Waals surface area contributed by atoms with Crippen molar-refractivity contribution in [1.82, 2.24) is 0 Å². The van der Waals surface area contributed by atoms with Crippen molar-refractivity contribution in [3.63, 3.8) is 0 Å². The Morgan fingerprint density at radius 1 is 0.207 bits per heavy atom. The summed E-state index contributed by atoms with van der Waals surface area (Å²) in [6.07, 6.45) is 0. The second kappa shape index (κ2) is 112. The van der Waals surface area contributed by atoms with E-state index in [2.05, 4.69) is 0 Å². The Balaban J connectivity index is -0.00000000384. The van der Waals surface area contributed by atoms with Gasteiger partial charge < -0.3 is 65.8 Å². The predicted octanol–water partition coefficient (Wildman–Crippen LogP) is -52.6. The molecule has 0 unspecified atom stereocenters. The Bertz CT molecular complexity index is 84.8. The van der Waals surface area contributed by atoms with Crippen LogP contribution in [-0.2, 0) is 0 Å². The van der Waals surface area contributed by atoms with E-state index in [0.29, 0.717) is 0 Å². The molecule has 0 rings (SSSR count). The van der Waals surface area contributed by atoms with E-state index >= 15 is 0 Å². The molecule has 0 radical (unpaired) electrons. The molecule has 29 heavy (non-hydrogen) atoms. The molecule has 29 heteroatoms. The van der Waals surface area contributed by atoms with Crippen LogP contribution in [0.1, 0.15) is 0 Å². The van der Waals surface area contributed by atoms with Crippen LogP contribution in [0.15, 0.2) is 0 Å². The molecule has 0 bridgehead atoms. The molecule has 0 heterocycles. The van der Waals surface area contributed by atoms with Gasteiger partial charge in [-0.15, -0.1) is 0 Å². The maximum Gasteiger partial charge on any atom is 1.00 e. The van der Waals surface area contributed by atoms with Gasteiger partial charge in [0, 0.05) is 0 Å². The third-order valence-electron chi connectivity index (χ3n) is 0. The molecule has 0 spiro atoms. The molecule has 0 aliphatic carbocycles. The van der Waals surface area contributed by atoms with Crippen molar-refractivity contribution >= 4 is 29.3 Å². The Labute approximate surface area is 316 Å². The fourth-order valence-electron chi connectivity index (χ4n) is 0. The molecule has 0 aromatic heterocycles. The van der Waals surface area contributed by atoms with Crippen molar-refractivity contribution in [2.75, 3.05) is 0 Å². The van der Waals surface area contributed by atoms with Gasteiger partial charge in [0.25, 0.3) is 0 Å². The van der Waals surface area contributed by atoms with E-state index in [0.717, 1.165) is 0 Å². The smallest absolute Gasteiger partial charge is 0.907 e. The van der Waals surface area contributed by atoms with Crippen LogP contribution in [0.2, 0.25) is 0 Å². The summed E-state index contributed by atoms with van der Waals surface area (Å²) in [6.45, 7) is 0. The van der Waals surface area contributed by atoms with Gasteiger partial charge in [0.15, 0.2) is 0 Å². The topological polar surface area (TPSA) is 308 Å². The molecular weight excluding hydrogens is 335 g/mol. The zero-order chi connectivity index (χ0) is 14.3. The summed E-state index contributed by atoms with van der Waals surface area (Å²) >= 11 is 0. The molecular formula is H2B4Li12O13. The molecule has 0 saturated heterocycles. The van der Waals surface area contributed by atoms with Gasteiger partial charge >= 0.3 is 226 Å². The summed E-state index contributed by atoms with van der Waals surface area (Å²) in [6, 6.07) is 0. The van der Waals surface area contributed by atoms with Gasteiger partial charge in [-0.2, -0.15) is 0 Å².